The fraction of sp³-hybridized carbons (Fsp3) is 0.900. The molecule has 0 aromatic rings. The molecule has 82 valence electrons. The standard InChI is InChI=1S/C10H21N3O/c1-7(8-4-2-3-5-8)13-6-9(11)10(12)14/h7-9,13H,2-6,11H2,1H3,(H2,12,14)/t7-,9?/m0/s1. The van der Waals surface area contributed by atoms with Gasteiger partial charge in [0, 0.05) is 12.6 Å². The van der Waals surface area contributed by atoms with Crippen LogP contribution in [0.4, 0.5) is 0 Å². The summed E-state index contributed by atoms with van der Waals surface area (Å²) in [6, 6.07) is -0.109. The van der Waals surface area contributed by atoms with Gasteiger partial charge in [0.25, 0.3) is 0 Å². The molecule has 4 heteroatoms. The molecule has 1 saturated carbocycles. The van der Waals surface area contributed by atoms with Crippen LogP contribution in [0.1, 0.15) is 32.6 Å². The Kier molecular flexibility index (Phi) is 4.35. The molecule has 0 saturated heterocycles. The van der Waals surface area contributed by atoms with Crippen molar-refractivity contribution in [3.63, 3.8) is 0 Å². The Bertz CT molecular complexity index is 190. The molecule has 1 fully saturated rings. The highest BCUT2D eigenvalue weighted by atomic mass is 16.1. The summed E-state index contributed by atoms with van der Waals surface area (Å²) in [6.07, 6.45) is 5.25. The second-order valence-corrected chi connectivity index (χ2v) is 4.25. The molecule has 2 atom stereocenters. The molecule has 4 nitrogen and oxygen atoms in total. The predicted molar refractivity (Wildman–Crippen MR) is 56.6 cm³/mol. The number of amides is 1. The van der Waals surface area contributed by atoms with Gasteiger partial charge in [-0.1, -0.05) is 12.8 Å². The van der Waals surface area contributed by atoms with Gasteiger partial charge in [-0.2, -0.15) is 0 Å². The lowest BCUT2D eigenvalue weighted by molar-refractivity contribution is -0.119. The second kappa shape index (κ2) is 5.32. The fourth-order valence-electron chi connectivity index (χ4n) is 2.04. The van der Waals surface area contributed by atoms with Gasteiger partial charge in [0.05, 0.1) is 6.04 Å². The van der Waals surface area contributed by atoms with Gasteiger partial charge in [-0.25, -0.2) is 0 Å². The van der Waals surface area contributed by atoms with Gasteiger partial charge in [-0.15, -0.1) is 0 Å². The van der Waals surface area contributed by atoms with Crippen molar-refractivity contribution in [1.82, 2.24) is 5.32 Å². The molecule has 0 aromatic heterocycles. The van der Waals surface area contributed by atoms with Crippen LogP contribution in [0.25, 0.3) is 0 Å². The van der Waals surface area contributed by atoms with Gasteiger partial charge in [0.15, 0.2) is 0 Å². The maximum Gasteiger partial charge on any atom is 0.235 e. The predicted octanol–water partition coefficient (Wildman–Crippen LogP) is -0.0327. The maximum absolute atomic E-state index is 10.7. The lowest BCUT2D eigenvalue weighted by Gasteiger charge is -2.21. The maximum atomic E-state index is 10.7. The van der Waals surface area contributed by atoms with Crippen LogP contribution in [0.3, 0.4) is 0 Å². The molecule has 1 amide bonds. The first-order valence-corrected chi connectivity index (χ1v) is 5.39. The van der Waals surface area contributed by atoms with Crippen LogP contribution < -0.4 is 16.8 Å². The van der Waals surface area contributed by atoms with E-state index in [1.807, 2.05) is 0 Å². The van der Waals surface area contributed by atoms with Crippen molar-refractivity contribution in [3.05, 3.63) is 0 Å². The van der Waals surface area contributed by atoms with E-state index in [4.69, 9.17) is 11.5 Å². The zero-order valence-corrected chi connectivity index (χ0v) is 8.83. The minimum absolute atomic E-state index is 0.434. The number of hydrogen-bond donors (Lipinski definition) is 3. The van der Waals surface area contributed by atoms with E-state index in [0.29, 0.717) is 12.6 Å². The molecule has 0 bridgehead atoms. The Hall–Kier alpha value is -0.610. The monoisotopic (exact) mass is 199 g/mol. The molecular weight excluding hydrogens is 178 g/mol. The molecule has 0 aromatic carbocycles. The number of carbonyl (C=O) groups is 1. The van der Waals surface area contributed by atoms with E-state index in [1.165, 1.54) is 25.7 Å². The Morgan fingerprint density at radius 1 is 1.50 bits per heavy atom. The molecule has 1 unspecified atom stereocenters. The van der Waals surface area contributed by atoms with Gasteiger partial charge >= 0.3 is 0 Å². The van der Waals surface area contributed by atoms with Crippen molar-refractivity contribution in [2.24, 2.45) is 17.4 Å². The van der Waals surface area contributed by atoms with Crippen LogP contribution in [-0.2, 0) is 4.79 Å². The normalized spacial score (nSPS) is 22.1. The summed E-state index contributed by atoms with van der Waals surface area (Å²) in [7, 11) is 0. The summed E-state index contributed by atoms with van der Waals surface area (Å²) in [6.45, 7) is 2.65. The Balaban J connectivity index is 2.19. The van der Waals surface area contributed by atoms with Crippen molar-refractivity contribution in [2.75, 3.05) is 6.54 Å². The third-order valence-electron chi connectivity index (χ3n) is 3.13. The number of nitrogens with two attached hydrogens (primary N) is 2. The third kappa shape index (κ3) is 3.27. The van der Waals surface area contributed by atoms with Crippen LogP contribution in [0.2, 0.25) is 0 Å². The van der Waals surface area contributed by atoms with E-state index in [2.05, 4.69) is 12.2 Å². The fourth-order valence-corrected chi connectivity index (χ4v) is 2.04. The average Bonchev–Trinajstić information content (AvgIpc) is 2.66. The molecule has 0 radical (unpaired) electrons. The summed E-state index contributed by atoms with van der Waals surface area (Å²) in [5.41, 5.74) is 10.6. The molecule has 0 aliphatic heterocycles. The van der Waals surface area contributed by atoms with Crippen LogP contribution in [-0.4, -0.2) is 24.5 Å². The van der Waals surface area contributed by atoms with Crippen LogP contribution >= 0.6 is 0 Å². The summed E-state index contributed by atoms with van der Waals surface area (Å²) in [5.74, 6) is 0.311. The van der Waals surface area contributed by atoms with E-state index in [0.717, 1.165) is 5.92 Å². The third-order valence-corrected chi connectivity index (χ3v) is 3.13. The quantitative estimate of drug-likeness (QED) is 0.581. The first-order valence-electron chi connectivity index (χ1n) is 5.39. The van der Waals surface area contributed by atoms with Crippen molar-refractivity contribution >= 4 is 5.91 Å². The lowest BCUT2D eigenvalue weighted by Crippen LogP contribution is -2.47. The van der Waals surface area contributed by atoms with Crippen molar-refractivity contribution in [3.8, 4) is 0 Å². The van der Waals surface area contributed by atoms with E-state index in [-0.39, 0.29) is 0 Å². The molecule has 0 heterocycles. The van der Waals surface area contributed by atoms with Gasteiger partial charge in [0.2, 0.25) is 5.91 Å². The first kappa shape index (κ1) is 11.5. The van der Waals surface area contributed by atoms with Gasteiger partial charge in [0.1, 0.15) is 0 Å². The van der Waals surface area contributed by atoms with Crippen molar-refractivity contribution in [2.45, 2.75) is 44.7 Å². The molecule has 0 spiro atoms. The zero-order valence-electron chi connectivity index (χ0n) is 8.83. The summed E-state index contributed by atoms with van der Waals surface area (Å²) >= 11 is 0. The number of nitrogens with one attached hydrogen (secondary N) is 1. The molecular formula is C10H21N3O. The van der Waals surface area contributed by atoms with Gasteiger partial charge in [-0.05, 0) is 25.7 Å². The zero-order chi connectivity index (χ0) is 10.6. The topological polar surface area (TPSA) is 81.1 Å². The van der Waals surface area contributed by atoms with E-state index in [1.54, 1.807) is 0 Å². The van der Waals surface area contributed by atoms with E-state index in [9.17, 15) is 4.79 Å². The van der Waals surface area contributed by atoms with Gasteiger partial charge in [-0.3, -0.25) is 4.79 Å². The Morgan fingerprint density at radius 3 is 2.57 bits per heavy atom. The van der Waals surface area contributed by atoms with Crippen molar-refractivity contribution < 1.29 is 4.79 Å². The molecule has 14 heavy (non-hydrogen) atoms. The minimum Gasteiger partial charge on any atom is -0.368 e. The van der Waals surface area contributed by atoms with E-state index < -0.39 is 11.9 Å². The highest BCUT2D eigenvalue weighted by molar-refractivity contribution is 5.79. The van der Waals surface area contributed by atoms with Crippen LogP contribution in [0, 0.1) is 5.92 Å². The van der Waals surface area contributed by atoms with Gasteiger partial charge < -0.3 is 16.8 Å². The number of rotatable bonds is 5. The molecule has 1 aliphatic carbocycles. The molecule has 1 rings (SSSR count). The summed E-state index contributed by atoms with van der Waals surface area (Å²) < 4.78 is 0. The minimum atomic E-state index is -0.557. The number of primary amides is 1. The Morgan fingerprint density at radius 2 is 2.07 bits per heavy atom. The second-order valence-electron chi connectivity index (χ2n) is 4.25. The summed E-state index contributed by atoms with van der Waals surface area (Å²) in [5, 5.41) is 3.28. The van der Waals surface area contributed by atoms with Crippen LogP contribution in [0.15, 0.2) is 0 Å². The smallest absolute Gasteiger partial charge is 0.235 e. The largest absolute Gasteiger partial charge is 0.368 e. The number of carbonyl (C=O) groups excluding carboxylic acids is 1. The Labute approximate surface area is 85.4 Å². The van der Waals surface area contributed by atoms with Crippen LogP contribution in [0.5, 0.6) is 0 Å². The average molecular weight is 199 g/mol. The summed E-state index contributed by atoms with van der Waals surface area (Å²) in [4.78, 5) is 10.7. The number of hydrogen-bond acceptors (Lipinski definition) is 3. The molecule has 1 aliphatic rings. The highest BCUT2D eigenvalue weighted by Crippen LogP contribution is 2.27. The lowest BCUT2D eigenvalue weighted by atomic mass is 10.00. The SMILES string of the molecule is C[C@H](NCC(N)C(N)=O)C1CCCC1. The van der Waals surface area contributed by atoms with Crippen molar-refractivity contribution in [1.29, 1.82) is 0 Å². The first-order chi connectivity index (χ1) is 6.61. The van der Waals surface area contributed by atoms with E-state index >= 15 is 0 Å². The highest BCUT2D eigenvalue weighted by Gasteiger charge is 2.21. The molecule has 5 N–H and O–H groups in total.